The van der Waals surface area contributed by atoms with Crippen LogP contribution in [0.3, 0.4) is 0 Å². The van der Waals surface area contributed by atoms with Crippen molar-refractivity contribution in [2.75, 3.05) is 26.8 Å². The Bertz CT molecular complexity index is 1110. The molecule has 0 unspecified atom stereocenters. The van der Waals surface area contributed by atoms with Crippen LogP contribution in [-0.4, -0.2) is 37.7 Å². The second-order valence-electron chi connectivity index (χ2n) is 10.4. The summed E-state index contributed by atoms with van der Waals surface area (Å²) >= 11 is 0. The Balaban J connectivity index is 1.37. The van der Waals surface area contributed by atoms with Gasteiger partial charge in [-0.1, -0.05) is 31.0 Å². The number of nitrogens with zero attached hydrogens (tertiary/aromatic N) is 1. The van der Waals surface area contributed by atoms with E-state index in [0.29, 0.717) is 18.9 Å². The lowest BCUT2D eigenvalue weighted by Gasteiger charge is -2.26. The minimum absolute atomic E-state index is 0.0237. The maximum atomic E-state index is 14.6. The molecular formula is C29H35F2NO4. The molecule has 7 heteroatoms. The lowest BCUT2D eigenvalue weighted by atomic mass is 9.93. The van der Waals surface area contributed by atoms with Gasteiger partial charge in [-0.05, 0) is 61.5 Å². The van der Waals surface area contributed by atoms with Gasteiger partial charge in [-0.3, -0.25) is 9.69 Å². The van der Waals surface area contributed by atoms with E-state index >= 15 is 0 Å². The Morgan fingerprint density at radius 2 is 1.86 bits per heavy atom. The summed E-state index contributed by atoms with van der Waals surface area (Å²) in [6.45, 7) is 3.94. The van der Waals surface area contributed by atoms with Crippen molar-refractivity contribution >= 4 is 5.97 Å². The molecule has 0 saturated carbocycles. The summed E-state index contributed by atoms with van der Waals surface area (Å²) in [5, 5.41) is 0. The van der Waals surface area contributed by atoms with E-state index in [9.17, 15) is 13.6 Å². The Hall–Kier alpha value is -2.67. The van der Waals surface area contributed by atoms with Crippen molar-refractivity contribution in [3.05, 3.63) is 58.1 Å². The number of benzene rings is 2. The number of halogens is 2. The number of fused-ring (bicyclic) bond motifs is 2. The SMILES string of the molecule is COC(=O)C[C@@H]1COc2cc(O[C@@H]3CCc4c3ccc(C(C)(F)F)c4CN3CCCCCC3)ccc21. The zero-order chi connectivity index (χ0) is 25.3. The molecule has 5 rings (SSSR count). The first-order valence-corrected chi connectivity index (χ1v) is 13.1. The average Bonchev–Trinajstić information content (AvgIpc) is 3.34. The number of rotatable bonds is 7. The van der Waals surface area contributed by atoms with Crippen LogP contribution < -0.4 is 9.47 Å². The number of hydrogen-bond acceptors (Lipinski definition) is 5. The number of methoxy groups -OCH3 is 1. The van der Waals surface area contributed by atoms with E-state index in [1.54, 1.807) is 6.07 Å². The molecule has 2 aliphatic heterocycles. The molecule has 36 heavy (non-hydrogen) atoms. The van der Waals surface area contributed by atoms with Gasteiger partial charge in [0.1, 0.15) is 17.6 Å². The molecule has 0 aromatic heterocycles. The Labute approximate surface area is 211 Å². The molecular weight excluding hydrogens is 464 g/mol. The van der Waals surface area contributed by atoms with E-state index in [2.05, 4.69) is 4.90 Å². The number of likely N-dealkylation sites (tertiary alicyclic amines) is 1. The van der Waals surface area contributed by atoms with Gasteiger partial charge in [-0.25, -0.2) is 8.78 Å². The quantitative estimate of drug-likeness (QED) is 0.420. The van der Waals surface area contributed by atoms with Crippen LogP contribution in [0.5, 0.6) is 11.5 Å². The van der Waals surface area contributed by atoms with Crippen LogP contribution in [0, 0.1) is 0 Å². The Kier molecular flexibility index (Phi) is 7.20. The molecule has 0 bridgehead atoms. The topological polar surface area (TPSA) is 48.0 Å². The Morgan fingerprint density at radius 3 is 2.58 bits per heavy atom. The van der Waals surface area contributed by atoms with Gasteiger partial charge < -0.3 is 14.2 Å². The second-order valence-corrected chi connectivity index (χ2v) is 10.4. The number of ether oxygens (including phenoxy) is 3. The highest BCUT2D eigenvalue weighted by Gasteiger charge is 2.35. The van der Waals surface area contributed by atoms with Crippen LogP contribution in [0.4, 0.5) is 8.78 Å². The van der Waals surface area contributed by atoms with E-state index < -0.39 is 5.92 Å². The third kappa shape index (κ3) is 5.22. The normalized spacial score (nSPS) is 21.9. The summed E-state index contributed by atoms with van der Waals surface area (Å²) in [4.78, 5) is 14.0. The molecule has 1 saturated heterocycles. The van der Waals surface area contributed by atoms with Crippen molar-refractivity contribution in [3.8, 4) is 11.5 Å². The highest BCUT2D eigenvalue weighted by molar-refractivity contribution is 5.71. The molecule has 5 nitrogen and oxygen atoms in total. The molecule has 0 N–H and O–H groups in total. The van der Waals surface area contributed by atoms with E-state index in [-0.39, 0.29) is 30.0 Å². The van der Waals surface area contributed by atoms with Crippen LogP contribution in [0.15, 0.2) is 30.3 Å². The standard InChI is InChI=1S/C29H35F2NO4/c1-29(30,31)25-11-9-23-22(24(25)17-32-13-5-3-4-6-14-32)10-12-26(23)36-20-7-8-21-19(15-28(33)34-2)18-35-27(21)16-20/h7-9,11,16,19,26H,3-6,10,12-15,17-18H2,1-2H3/t19-,26-/m1/s1. The zero-order valence-corrected chi connectivity index (χ0v) is 21.2. The molecule has 194 valence electrons. The summed E-state index contributed by atoms with van der Waals surface area (Å²) < 4.78 is 46.3. The van der Waals surface area contributed by atoms with Crippen molar-refractivity contribution in [2.45, 2.75) is 76.4 Å². The third-order valence-corrected chi connectivity index (χ3v) is 7.81. The highest BCUT2D eigenvalue weighted by atomic mass is 19.3. The molecule has 2 aromatic carbocycles. The molecule has 3 aliphatic rings. The number of carbonyl (C=O) groups is 1. The van der Waals surface area contributed by atoms with Gasteiger partial charge >= 0.3 is 5.97 Å². The number of carbonyl (C=O) groups excluding carboxylic acids is 1. The first-order valence-electron chi connectivity index (χ1n) is 13.1. The van der Waals surface area contributed by atoms with Crippen molar-refractivity contribution in [2.24, 2.45) is 0 Å². The molecule has 2 atom stereocenters. The summed E-state index contributed by atoms with van der Waals surface area (Å²) in [6.07, 6.45) is 6.25. The molecule has 0 spiro atoms. The minimum atomic E-state index is -2.88. The van der Waals surface area contributed by atoms with Crippen LogP contribution >= 0.6 is 0 Å². The molecule has 1 aliphatic carbocycles. The first-order chi connectivity index (χ1) is 17.3. The predicted molar refractivity (Wildman–Crippen MR) is 133 cm³/mol. The fourth-order valence-electron chi connectivity index (χ4n) is 5.92. The molecule has 2 heterocycles. The monoisotopic (exact) mass is 499 g/mol. The van der Waals surface area contributed by atoms with Crippen LogP contribution in [0.1, 0.15) is 85.3 Å². The largest absolute Gasteiger partial charge is 0.492 e. The van der Waals surface area contributed by atoms with Crippen molar-refractivity contribution < 1.29 is 27.8 Å². The summed E-state index contributed by atoms with van der Waals surface area (Å²) in [6, 6.07) is 9.17. The van der Waals surface area contributed by atoms with E-state index in [4.69, 9.17) is 14.2 Å². The second kappa shape index (κ2) is 10.4. The maximum Gasteiger partial charge on any atom is 0.306 e. The smallest absolute Gasteiger partial charge is 0.306 e. The molecule has 1 fully saturated rings. The van der Waals surface area contributed by atoms with Gasteiger partial charge in [0.25, 0.3) is 5.92 Å². The minimum Gasteiger partial charge on any atom is -0.492 e. The number of esters is 1. The third-order valence-electron chi connectivity index (χ3n) is 7.81. The van der Waals surface area contributed by atoms with Crippen LogP contribution in [0.2, 0.25) is 0 Å². The van der Waals surface area contributed by atoms with Crippen LogP contribution in [0.25, 0.3) is 0 Å². The predicted octanol–water partition coefficient (Wildman–Crippen LogP) is 6.28. The van der Waals surface area contributed by atoms with E-state index in [1.165, 1.54) is 20.0 Å². The molecule has 2 aromatic rings. The lowest BCUT2D eigenvalue weighted by Crippen LogP contribution is -2.27. The Morgan fingerprint density at radius 1 is 1.11 bits per heavy atom. The number of hydrogen-bond donors (Lipinski definition) is 0. The van der Waals surface area contributed by atoms with E-state index in [1.807, 2.05) is 24.3 Å². The van der Waals surface area contributed by atoms with Crippen LogP contribution in [-0.2, 0) is 28.4 Å². The summed E-state index contributed by atoms with van der Waals surface area (Å²) in [7, 11) is 1.39. The maximum absolute atomic E-state index is 14.6. The van der Waals surface area contributed by atoms with Gasteiger partial charge in [0.05, 0.1) is 20.1 Å². The highest BCUT2D eigenvalue weighted by Crippen LogP contribution is 2.44. The first kappa shape index (κ1) is 25.0. The van der Waals surface area contributed by atoms with Gasteiger partial charge in [0.2, 0.25) is 0 Å². The molecule has 0 amide bonds. The average molecular weight is 500 g/mol. The van der Waals surface area contributed by atoms with Gasteiger partial charge in [0, 0.05) is 36.6 Å². The number of alkyl halides is 2. The van der Waals surface area contributed by atoms with E-state index in [0.717, 1.165) is 73.7 Å². The van der Waals surface area contributed by atoms with Crippen molar-refractivity contribution in [1.29, 1.82) is 0 Å². The van der Waals surface area contributed by atoms with Crippen molar-refractivity contribution in [1.82, 2.24) is 4.90 Å². The van der Waals surface area contributed by atoms with Gasteiger partial charge in [-0.15, -0.1) is 0 Å². The zero-order valence-electron chi connectivity index (χ0n) is 21.2. The fraction of sp³-hybridized carbons (Fsp3) is 0.552. The molecule has 0 radical (unpaired) electrons. The summed E-state index contributed by atoms with van der Waals surface area (Å²) in [5.41, 5.74) is 3.95. The lowest BCUT2D eigenvalue weighted by molar-refractivity contribution is -0.141. The van der Waals surface area contributed by atoms with Gasteiger partial charge in [0.15, 0.2) is 0 Å². The van der Waals surface area contributed by atoms with Gasteiger partial charge in [-0.2, -0.15) is 0 Å². The van der Waals surface area contributed by atoms with Crippen molar-refractivity contribution in [3.63, 3.8) is 0 Å². The summed E-state index contributed by atoms with van der Waals surface area (Å²) in [5.74, 6) is -1.75. The fourth-order valence-corrected chi connectivity index (χ4v) is 5.92.